The first-order valence-electron chi connectivity index (χ1n) is 7.47. The molecule has 9 nitrogen and oxygen atoms in total. The molecule has 0 heterocycles. The van der Waals surface area contributed by atoms with E-state index in [0.29, 0.717) is 0 Å². The van der Waals surface area contributed by atoms with E-state index in [1.54, 1.807) is 27.7 Å². The summed E-state index contributed by atoms with van der Waals surface area (Å²) < 4.78 is 9.91. The first-order valence-corrected chi connectivity index (χ1v) is 7.47. The van der Waals surface area contributed by atoms with Crippen LogP contribution in [-0.4, -0.2) is 41.4 Å². The Labute approximate surface area is 144 Å². The number of hydrogen-bond donors (Lipinski definition) is 0. The number of nitro benzene ring substituents is 1. The Morgan fingerprint density at radius 2 is 1.96 bits per heavy atom. The number of nitro groups is 1. The number of oxime groups is 1. The predicted octanol–water partition coefficient (Wildman–Crippen LogP) is 2.22. The molecular formula is C16H20N2O7. The lowest BCUT2D eigenvalue weighted by Crippen LogP contribution is -2.26. The summed E-state index contributed by atoms with van der Waals surface area (Å²) in [6, 6.07) is 5.27. The third-order valence-electron chi connectivity index (χ3n) is 2.56. The molecule has 0 fully saturated rings. The van der Waals surface area contributed by atoms with E-state index in [2.05, 4.69) is 5.16 Å². The normalized spacial score (nSPS) is 11.6. The molecule has 1 aromatic rings. The maximum Gasteiger partial charge on any atom is 0.361 e. The summed E-state index contributed by atoms with van der Waals surface area (Å²) in [5, 5.41) is 14.5. The minimum atomic E-state index is -0.827. The number of non-ortho nitro benzene ring substituents is 1. The predicted molar refractivity (Wildman–Crippen MR) is 88.1 cm³/mol. The molecule has 0 atom stereocenters. The first-order chi connectivity index (χ1) is 11.6. The van der Waals surface area contributed by atoms with Crippen molar-refractivity contribution in [3.63, 3.8) is 0 Å². The van der Waals surface area contributed by atoms with E-state index < -0.39 is 29.1 Å². The van der Waals surface area contributed by atoms with Crippen LogP contribution in [0.5, 0.6) is 0 Å². The van der Waals surface area contributed by atoms with Crippen LogP contribution >= 0.6 is 0 Å². The van der Waals surface area contributed by atoms with Gasteiger partial charge in [0, 0.05) is 17.7 Å². The van der Waals surface area contributed by atoms with Crippen molar-refractivity contribution in [1.82, 2.24) is 0 Å². The lowest BCUT2D eigenvalue weighted by Gasteiger charge is -2.18. The van der Waals surface area contributed by atoms with Crippen molar-refractivity contribution in [3.05, 3.63) is 39.9 Å². The molecule has 1 rings (SSSR count). The van der Waals surface area contributed by atoms with Gasteiger partial charge in [-0.2, -0.15) is 0 Å². The van der Waals surface area contributed by atoms with E-state index in [0.717, 1.165) is 6.07 Å². The molecule has 0 bridgehead atoms. The summed E-state index contributed by atoms with van der Waals surface area (Å²) in [6.45, 7) is 6.25. The fourth-order valence-corrected chi connectivity index (χ4v) is 1.69. The fourth-order valence-electron chi connectivity index (χ4n) is 1.69. The zero-order valence-electron chi connectivity index (χ0n) is 14.5. The number of nitrogens with zero attached hydrogens (tertiary/aromatic N) is 2. The van der Waals surface area contributed by atoms with Gasteiger partial charge in [-0.1, -0.05) is 17.3 Å². The molecule has 0 aliphatic carbocycles. The van der Waals surface area contributed by atoms with E-state index in [9.17, 15) is 19.7 Å². The van der Waals surface area contributed by atoms with Crippen LogP contribution in [0.2, 0.25) is 0 Å². The average Bonchev–Trinajstić information content (AvgIpc) is 2.50. The zero-order chi connectivity index (χ0) is 19.0. The molecule has 9 heteroatoms. The van der Waals surface area contributed by atoms with Crippen LogP contribution in [0.1, 0.15) is 33.3 Å². The van der Waals surface area contributed by atoms with Gasteiger partial charge < -0.3 is 14.3 Å². The van der Waals surface area contributed by atoms with Gasteiger partial charge in [0.25, 0.3) is 5.69 Å². The molecule has 136 valence electrons. The molecule has 0 N–H and O–H groups in total. The Bertz CT molecular complexity index is 677. The Hall–Kier alpha value is -2.97. The maximum absolute atomic E-state index is 12.0. The summed E-state index contributed by atoms with van der Waals surface area (Å²) in [4.78, 5) is 38.7. The molecule has 0 radical (unpaired) electrons. The van der Waals surface area contributed by atoms with Crippen molar-refractivity contribution < 1.29 is 28.8 Å². The van der Waals surface area contributed by atoms with Gasteiger partial charge in [0.1, 0.15) is 5.60 Å². The Balaban J connectivity index is 2.97. The van der Waals surface area contributed by atoms with E-state index in [1.165, 1.54) is 18.2 Å². The van der Waals surface area contributed by atoms with Crippen LogP contribution in [0.4, 0.5) is 5.69 Å². The van der Waals surface area contributed by atoms with Crippen molar-refractivity contribution in [3.8, 4) is 0 Å². The fraction of sp³-hybridized carbons (Fsp3) is 0.438. The smallest absolute Gasteiger partial charge is 0.361 e. The third kappa shape index (κ3) is 6.98. The van der Waals surface area contributed by atoms with Gasteiger partial charge in [-0.15, -0.1) is 0 Å². The summed E-state index contributed by atoms with van der Waals surface area (Å²) in [5.74, 6) is -1.49. The second kappa shape index (κ2) is 8.76. The van der Waals surface area contributed by atoms with Crippen LogP contribution in [-0.2, 0) is 23.9 Å². The summed E-state index contributed by atoms with van der Waals surface area (Å²) in [5.41, 5.74) is -1.05. The largest absolute Gasteiger partial charge is 0.461 e. The highest BCUT2D eigenvalue weighted by Crippen LogP contribution is 2.15. The minimum absolute atomic E-state index is 0.0822. The third-order valence-corrected chi connectivity index (χ3v) is 2.56. The van der Waals surface area contributed by atoms with Crippen LogP contribution in [0.3, 0.4) is 0 Å². The van der Waals surface area contributed by atoms with Crippen LogP contribution in [0.15, 0.2) is 29.4 Å². The van der Waals surface area contributed by atoms with Crippen molar-refractivity contribution in [2.45, 2.75) is 33.3 Å². The van der Waals surface area contributed by atoms with Gasteiger partial charge in [0.15, 0.2) is 5.71 Å². The molecule has 0 aliphatic rings. The van der Waals surface area contributed by atoms with Gasteiger partial charge in [-0.25, -0.2) is 9.59 Å². The van der Waals surface area contributed by atoms with Crippen LogP contribution < -0.4 is 0 Å². The second-order valence-electron chi connectivity index (χ2n) is 5.83. The lowest BCUT2D eigenvalue weighted by atomic mass is 10.1. The summed E-state index contributed by atoms with van der Waals surface area (Å²) in [6.07, 6.45) is 0. The topological polar surface area (TPSA) is 117 Å². The monoisotopic (exact) mass is 352 g/mol. The molecule has 1 aromatic carbocycles. The minimum Gasteiger partial charge on any atom is -0.461 e. The molecular weight excluding hydrogens is 332 g/mol. The van der Waals surface area contributed by atoms with Gasteiger partial charge in [0.05, 0.1) is 11.5 Å². The number of esters is 2. The molecule has 0 saturated carbocycles. The van der Waals surface area contributed by atoms with Crippen molar-refractivity contribution in [1.29, 1.82) is 0 Å². The van der Waals surface area contributed by atoms with Gasteiger partial charge in [0.2, 0.25) is 6.61 Å². The van der Waals surface area contributed by atoms with Crippen molar-refractivity contribution in [2.24, 2.45) is 5.16 Å². The Morgan fingerprint density at radius 3 is 2.52 bits per heavy atom. The number of benzene rings is 1. The Kier molecular flexibility index (Phi) is 7.04. The second-order valence-corrected chi connectivity index (χ2v) is 5.83. The molecule has 0 spiro atoms. The number of carbonyl (C=O) groups is 2. The highest BCUT2D eigenvalue weighted by atomic mass is 16.7. The number of rotatable bonds is 7. The lowest BCUT2D eigenvalue weighted by molar-refractivity contribution is -0.384. The van der Waals surface area contributed by atoms with E-state index in [1.807, 2.05) is 0 Å². The molecule has 0 amide bonds. The molecule has 25 heavy (non-hydrogen) atoms. The van der Waals surface area contributed by atoms with Gasteiger partial charge >= 0.3 is 11.9 Å². The first kappa shape index (κ1) is 20.1. The standard InChI is InChI=1S/C16H20N2O7/c1-5-23-15(20)14(11-7-6-8-12(9-11)18(21)22)17-24-10-13(19)25-16(2,3)4/h6-9H,5,10H2,1-4H3/b17-14-. The molecule has 0 aromatic heterocycles. The van der Waals surface area contributed by atoms with E-state index in [4.69, 9.17) is 14.3 Å². The SMILES string of the molecule is CCOC(=O)/C(=N\OCC(=O)OC(C)(C)C)c1cccc([N+](=O)[O-])c1. The highest BCUT2D eigenvalue weighted by Gasteiger charge is 2.20. The molecule has 0 saturated heterocycles. The van der Waals surface area contributed by atoms with Gasteiger partial charge in [-0.05, 0) is 27.7 Å². The van der Waals surface area contributed by atoms with Crippen molar-refractivity contribution in [2.75, 3.05) is 13.2 Å². The summed E-state index contributed by atoms with van der Waals surface area (Å²) in [7, 11) is 0. The Morgan fingerprint density at radius 1 is 1.28 bits per heavy atom. The molecule has 0 aliphatic heterocycles. The average molecular weight is 352 g/mol. The molecule has 0 unspecified atom stereocenters. The quantitative estimate of drug-likeness (QED) is 0.319. The number of ether oxygens (including phenoxy) is 2. The zero-order valence-corrected chi connectivity index (χ0v) is 14.5. The summed E-state index contributed by atoms with van der Waals surface area (Å²) >= 11 is 0. The van der Waals surface area contributed by atoms with Crippen LogP contribution in [0, 0.1) is 10.1 Å². The van der Waals surface area contributed by atoms with E-state index >= 15 is 0 Å². The highest BCUT2D eigenvalue weighted by molar-refractivity contribution is 6.43. The number of hydrogen-bond acceptors (Lipinski definition) is 8. The van der Waals surface area contributed by atoms with E-state index in [-0.39, 0.29) is 23.6 Å². The number of carbonyl (C=O) groups excluding carboxylic acids is 2. The van der Waals surface area contributed by atoms with Crippen molar-refractivity contribution >= 4 is 23.3 Å². The maximum atomic E-state index is 12.0. The van der Waals surface area contributed by atoms with Gasteiger partial charge in [-0.3, -0.25) is 10.1 Å². The van der Waals surface area contributed by atoms with Crippen LogP contribution in [0.25, 0.3) is 0 Å².